The van der Waals surface area contributed by atoms with Gasteiger partial charge in [-0.15, -0.1) is 10.2 Å². The highest BCUT2D eigenvalue weighted by atomic mass is 35.5. The number of halogens is 1. The van der Waals surface area contributed by atoms with Crippen molar-refractivity contribution >= 4 is 35.3 Å². The van der Waals surface area contributed by atoms with E-state index in [0.717, 1.165) is 4.68 Å². The van der Waals surface area contributed by atoms with Crippen LogP contribution in [0.25, 0.3) is 0 Å². The highest BCUT2D eigenvalue weighted by Gasteiger charge is 2.43. The Hall–Kier alpha value is -3.08. The molecule has 184 valence electrons. The quantitative estimate of drug-likeness (QED) is 0.616. The Morgan fingerprint density at radius 1 is 1.03 bits per heavy atom. The van der Waals surface area contributed by atoms with Gasteiger partial charge in [-0.05, 0) is 41.5 Å². The van der Waals surface area contributed by atoms with Crippen LogP contribution < -0.4 is 14.5 Å². The number of rotatable bonds is 2. The van der Waals surface area contributed by atoms with Gasteiger partial charge in [-0.1, -0.05) is 11.6 Å². The first-order chi connectivity index (χ1) is 15.8. The molecule has 0 radical (unpaired) electrons. The molecule has 4 rings (SSSR count). The van der Waals surface area contributed by atoms with Crippen molar-refractivity contribution in [2.45, 2.75) is 71.3 Å². The van der Waals surface area contributed by atoms with Crippen molar-refractivity contribution in [2.24, 2.45) is 0 Å². The van der Waals surface area contributed by atoms with Crippen molar-refractivity contribution in [1.29, 1.82) is 0 Å². The van der Waals surface area contributed by atoms with E-state index in [1.165, 1.54) is 17.3 Å². The SMILES string of the molecule is CC(C)(C)OC(=O)N1C[C@H]2C[C@@H](Oc3cnn(C(=O)OC(C)(C)C)c3)CN2c2cc(Cl)nnc21. The van der Waals surface area contributed by atoms with E-state index in [-0.39, 0.29) is 17.3 Å². The van der Waals surface area contributed by atoms with Gasteiger partial charge in [0, 0.05) is 12.5 Å². The molecule has 1 saturated heterocycles. The normalized spacial score (nSPS) is 20.0. The van der Waals surface area contributed by atoms with Crippen LogP contribution in [-0.2, 0) is 9.47 Å². The number of anilines is 2. The van der Waals surface area contributed by atoms with E-state index in [0.29, 0.717) is 36.8 Å². The number of aromatic nitrogens is 4. The Balaban J connectivity index is 1.50. The van der Waals surface area contributed by atoms with E-state index in [1.807, 2.05) is 20.8 Å². The van der Waals surface area contributed by atoms with E-state index < -0.39 is 23.4 Å². The molecule has 0 N–H and O–H groups in total. The second-order valence-corrected chi connectivity index (χ2v) is 10.7. The summed E-state index contributed by atoms with van der Waals surface area (Å²) in [5.41, 5.74) is -0.586. The number of fused-ring (bicyclic) bond motifs is 3. The summed E-state index contributed by atoms with van der Waals surface area (Å²) in [6.45, 7) is 11.7. The summed E-state index contributed by atoms with van der Waals surface area (Å²) in [6, 6.07) is 1.65. The molecule has 12 heteroatoms. The molecule has 0 unspecified atom stereocenters. The number of carbonyl (C=O) groups is 2. The predicted molar refractivity (Wildman–Crippen MR) is 125 cm³/mol. The van der Waals surface area contributed by atoms with Crippen LogP contribution in [0.15, 0.2) is 18.5 Å². The zero-order valence-corrected chi connectivity index (χ0v) is 20.9. The first kappa shape index (κ1) is 24.1. The lowest BCUT2D eigenvalue weighted by Crippen LogP contribution is -2.50. The zero-order valence-electron chi connectivity index (χ0n) is 20.1. The molecule has 34 heavy (non-hydrogen) atoms. The van der Waals surface area contributed by atoms with Crippen molar-refractivity contribution in [3.8, 4) is 5.75 Å². The zero-order chi connectivity index (χ0) is 24.8. The van der Waals surface area contributed by atoms with Crippen LogP contribution in [0.2, 0.25) is 5.15 Å². The Bertz CT molecular complexity index is 1090. The lowest BCUT2D eigenvalue weighted by molar-refractivity contribution is 0.0512. The summed E-state index contributed by atoms with van der Waals surface area (Å²) < 4.78 is 18.1. The lowest BCUT2D eigenvalue weighted by Gasteiger charge is -2.38. The molecule has 2 aromatic heterocycles. The minimum atomic E-state index is -0.649. The number of ether oxygens (including phenoxy) is 3. The van der Waals surface area contributed by atoms with Crippen molar-refractivity contribution in [1.82, 2.24) is 20.0 Å². The molecule has 11 nitrogen and oxygen atoms in total. The molecule has 0 bridgehead atoms. The topological polar surface area (TPSA) is 112 Å². The van der Waals surface area contributed by atoms with Gasteiger partial charge in [0.25, 0.3) is 0 Å². The standard InChI is InChI=1S/C22H29ClN6O5/c1-21(2,3)33-19(30)28-10-13-7-14(11-27(13)16-8-17(23)25-26-18(16)28)32-15-9-24-29(12-15)20(31)34-22(4,5)6/h8-9,12-14H,7,10-11H2,1-6H3/t13-,14-/m1/s1. The number of amides is 1. The maximum Gasteiger partial charge on any atom is 0.435 e. The lowest BCUT2D eigenvalue weighted by atomic mass is 10.1. The number of nitrogens with zero attached hydrogens (tertiary/aromatic N) is 6. The van der Waals surface area contributed by atoms with Gasteiger partial charge >= 0.3 is 12.2 Å². The van der Waals surface area contributed by atoms with Crippen LogP contribution in [0.4, 0.5) is 21.1 Å². The fraction of sp³-hybridized carbons (Fsp3) is 0.591. The molecular formula is C22H29ClN6O5. The Morgan fingerprint density at radius 2 is 1.71 bits per heavy atom. The van der Waals surface area contributed by atoms with Gasteiger partial charge in [-0.25, -0.2) is 9.59 Å². The van der Waals surface area contributed by atoms with Gasteiger partial charge in [0.1, 0.15) is 17.3 Å². The van der Waals surface area contributed by atoms with Crippen LogP contribution in [0, 0.1) is 0 Å². The third-order valence-corrected chi connectivity index (χ3v) is 5.30. The molecule has 2 aliphatic rings. The fourth-order valence-corrected chi connectivity index (χ4v) is 4.07. The second-order valence-electron chi connectivity index (χ2n) is 10.3. The smallest absolute Gasteiger partial charge is 0.435 e. The van der Waals surface area contributed by atoms with Gasteiger partial charge in [0.05, 0.1) is 37.2 Å². The third kappa shape index (κ3) is 5.35. The van der Waals surface area contributed by atoms with Crippen LogP contribution >= 0.6 is 11.6 Å². The molecule has 0 aliphatic carbocycles. The molecule has 2 aliphatic heterocycles. The molecular weight excluding hydrogens is 464 g/mol. The van der Waals surface area contributed by atoms with E-state index in [9.17, 15) is 9.59 Å². The molecule has 0 spiro atoms. The highest BCUT2D eigenvalue weighted by molar-refractivity contribution is 6.29. The maximum atomic E-state index is 12.9. The van der Waals surface area contributed by atoms with Crippen molar-refractivity contribution in [3.05, 3.63) is 23.6 Å². The van der Waals surface area contributed by atoms with Crippen LogP contribution in [0.5, 0.6) is 5.75 Å². The molecule has 0 aromatic carbocycles. The first-order valence-electron chi connectivity index (χ1n) is 11.0. The van der Waals surface area contributed by atoms with Gasteiger partial charge in [-0.2, -0.15) is 9.78 Å². The average molecular weight is 493 g/mol. The van der Waals surface area contributed by atoms with E-state index in [4.69, 9.17) is 25.8 Å². The van der Waals surface area contributed by atoms with Crippen LogP contribution in [0.1, 0.15) is 48.0 Å². The van der Waals surface area contributed by atoms with E-state index in [1.54, 1.807) is 26.8 Å². The number of carbonyl (C=O) groups excluding carboxylic acids is 2. The van der Waals surface area contributed by atoms with Gasteiger partial charge < -0.3 is 19.1 Å². The Kier molecular flexibility index (Phi) is 6.09. The Labute approximate surface area is 202 Å². The number of hydrogen-bond acceptors (Lipinski definition) is 9. The molecule has 0 saturated carbocycles. The molecule has 1 fully saturated rings. The second kappa shape index (κ2) is 8.61. The maximum absolute atomic E-state index is 12.9. The third-order valence-electron chi connectivity index (χ3n) is 5.12. The largest absolute Gasteiger partial charge is 0.485 e. The van der Waals surface area contributed by atoms with Crippen LogP contribution in [0.3, 0.4) is 0 Å². The summed E-state index contributed by atoms with van der Waals surface area (Å²) in [5.74, 6) is 0.846. The molecule has 1 amide bonds. The molecule has 4 heterocycles. The van der Waals surface area contributed by atoms with Gasteiger partial charge in [0.15, 0.2) is 16.7 Å². The highest BCUT2D eigenvalue weighted by Crippen LogP contribution is 2.40. The van der Waals surface area contributed by atoms with Gasteiger partial charge in [-0.3, -0.25) is 4.90 Å². The minimum absolute atomic E-state index is 0.0359. The summed E-state index contributed by atoms with van der Waals surface area (Å²) >= 11 is 6.12. The summed E-state index contributed by atoms with van der Waals surface area (Å²) in [7, 11) is 0. The minimum Gasteiger partial charge on any atom is -0.485 e. The first-order valence-corrected chi connectivity index (χ1v) is 11.4. The van der Waals surface area contributed by atoms with E-state index in [2.05, 4.69) is 20.2 Å². The van der Waals surface area contributed by atoms with Gasteiger partial charge in [0.2, 0.25) is 0 Å². The Morgan fingerprint density at radius 3 is 2.38 bits per heavy atom. The summed E-state index contributed by atoms with van der Waals surface area (Å²) in [4.78, 5) is 28.7. The monoisotopic (exact) mass is 492 g/mol. The fourth-order valence-electron chi connectivity index (χ4n) is 3.93. The molecule has 2 aromatic rings. The summed E-state index contributed by atoms with van der Waals surface area (Å²) in [5, 5.41) is 12.4. The molecule has 2 atom stereocenters. The summed E-state index contributed by atoms with van der Waals surface area (Å²) in [6.07, 6.45) is 2.32. The van der Waals surface area contributed by atoms with Crippen molar-refractivity contribution in [3.63, 3.8) is 0 Å². The van der Waals surface area contributed by atoms with Crippen molar-refractivity contribution < 1.29 is 23.8 Å². The average Bonchev–Trinajstić information content (AvgIpc) is 3.31. The predicted octanol–water partition coefficient (Wildman–Crippen LogP) is 3.89. The number of hydrogen-bond donors (Lipinski definition) is 0. The van der Waals surface area contributed by atoms with Crippen molar-refractivity contribution in [2.75, 3.05) is 22.9 Å². The van der Waals surface area contributed by atoms with E-state index >= 15 is 0 Å². The van der Waals surface area contributed by atoms with Crippen LogP contribution in [-0.4, -0.2) is 68.6 Å².